The summed E-state index contributed by atoms with van der Waals surface area (Å²) in [7, 11) is 3.95. The normalized spacial score (nSPS) is 18.1. The minimum absolute atomic E-state index is 0.0161. The molecule has 0 bridgehead atoms. The molecule has 1 unspecified atom stereocenters. The fraction of sp³-hybridized carbons (Fsp3) is 0.533. The van der Waals surface area contributed by atoms with Crippen molar-refractivity contribution in [2.24, 2.45) is 0 Å². The van der Waals surface area contributed by atoms with Crippen molar-refractivity contribution < 1.29 is 9.90 Å². The number of nitrogens with one attached hydrogen (secondary N) is 1. The summed E-state index contributed by atoms with van der Waals surface area (Å²) in [6, 6.07) is 5.28. The molecule has 1 aliphatic heterocycles. The van der Waals surface area contributed by atoms with Gasteiger partial charge in [-0.15, -0.1) is 0 Å². The molecule has 20 heavy (non-hydrogen) atoms. The van der Waals surface area contributed by atoms with Crippen LogP contribution in [-0.4, -0.2) is 22.0 Å². The summed E-state index contributed by atoms with van der Waals surface area (Å²) >= 11 is 0. The van der Waals surface area contributed by atoms with Crippen LogP contribution in [0.2, 0.25) is 0 Å². The summed E-state index contributed by atoms with van der Waals surface area (Å²) in [4.78, 5) is 11.8. The first-order valence-electron chi connectivity index (χ1n) is 7.03. The maximum absolute atomic E-state index is 11.8. The predicted octanol–water partition coefficient (Wildman–Crippen LogP) is 4.35. The van der Waals surface area contributed by atoms with E-state index in [2.05, 4.69) is 5.32 Å². The summed E-state index contributed by atoms with van der Waals surface area (Å²) in [5, 5.41) is 13.3. The van der Waals surface area contributed by atoms with Gasteiger partial charge in [0, 0.05) is 17.4 Å². The van der Waals surface area contributed by atoms with Gasteiger partial charge in [-0.05, 0) is 43.9 Å². The van der Waals surface area contributed by atoms with Crippen molar-refractivity contribution in [2.45, 2.75) is 44.3 Å². The van der Waals surface area contributed by atoms with Crippen molar-refractivity contribution in [3.63, 3.8) is 0 Å². The van der Waals surface area contributed by atoms with Crippen LogP contribution in [0.3, 0.4) is 0 Å². The minimum atomic E-state index is -0.0161. The molecule has 1 aromatic rings. The van der Waals surface area contributed by atoms with Gasteiger partial charge in [-0.2, -0.15) is 0 Å². The fourth-order valence-electron chi connectivity index (χ4n) is 2.18. The number of aromatic hydroxyl groups is 1. The molecule has 0 saturated carbocycles. The lowest BCUT2D eigenvalue weighted by Gasteiger charge is -2.09. The van der Waals surface area contributed by atoms with E-state index in [1.54, 1.807) is 12.1 Å². The van der Waals surface area contributed by atoms with Crippen LogP contribution in [0.25, 0.3) is 0 Å². The van der Waals surface area contributed by atoms with Gasteiger partial charge in [0.05, 0.1) is 5.69 Å². The quantitative estimate of drug-likeness (QED) is 0.466. The van der Waals surface area contributed by atoms with E-state index in [0.29, 0.717) is 12.1 Å². The third-order valence-electron chi connectivity index (χ3n) is 3.33. The Morgan fingerprint density at radius 1 is 1.45 bits per heavy atom. The van der Waals surface area contributed by atoms with Crippen molar-refractivity contribution in [1.82, 2.24) is 0 Å². The molecule has 0 aromatic heterocycles. The third kappa shape index (κ3) is 4.94. The first-order valence-corrected chi connectivity index (χ1v) is 9.41. The number of unbranched alkanes of at least 4 members (excludes halogenated alkanes) is 1. The Balaban J connectivity index is 1.67. The number of phenols is 1. The summed E-state index contributed by atoms with van der Waals surface area (Å²) in [5.74, 6) is 1.39. The summed E-state index contributed by atoms with van der Waals surface area (Å²) in [5.41, 5.74) is 1.48. The fourth-order valence-corrected chi connectivity index (χ4v) is 5.21. The average Bonchev–Trinajstić information content (AvgIpc) is 2.91. The zero-order valence-electron chi connectivity index (χ0n) is 11.7. The number of carbonyl (C=O) groups is 1. The van der Waals surface area contributed by atoms with Crippen LogP contribution in [0.4, 0.5) is 5.69 Å². The van der Waals surface area contributed by atoms with Gasteiger partial charge in [0.1, 0.15) is 5.75 Å². The van der Waals surface area contributed by atoms with E-state index in [1.807, 2.05) is 34.6 Å². The Kier molecular flexibility index (Phi) is 6.10. The lowest BCUT2D eigenvalue weighted by molar-refractivity contribution is -0.116. The number of phenolic OH excluding ortho intramolecular Hbond substituents is 1. The standard InChI is InChI=1S/C15H21NO2S2/c1-11-6-7-13(14(17)10-11)16-15(18)5-3-2-4-12-8-9-19-20-12/h6-7,10,12,17H,2-5,8-9H2,1H3,(H,16,18). The van der Waals surface area contributed by atoms with Gasteiger partial charge in [-0.3, -0.25) is 4.79 Å². The largest absolute Gasteiger partial charge is 0.506 e. The molecule has 2 N–H and O–H groups in total. The lowest BCUT2D eigenvalue weighted by atomic mass is 10.1. The van der Waals surface area contributed by atoms with Gasteiger partial charge in [0.2, 0.25) is 5.91 Å². The van der Waals surface area contributed by atoms with Gasteiger partial charge in [0.25, 0.3) is 0 Å². The number of aryl methyl sites for hydroxylation is 1. The number of hydrogen-bond donors (Lipinski definition) is 2. The monoisotopic (exact) mass is 311 g/mol. The number of benzene rings is 1. The SMILES string of the molecule is Cc1ccc(NC(=O)CCCCC2CCSS2)c(O)c1. The van der Waals surface area contributed by atoms with E-state index in [4.69, 9.17) is 0 Å². The zero-order valence-corrected chi connectivity index (χ0v) is 13.4. The molecule has 0 spiro atoms. The van der Waals surface area contributed by atoms with E-state index < -0.39 is 0 Å². The Hall–Kier alpha value is -0.810. The van der Waals surface area contributed by atoms with Gasteiger partial charge in [0.15, 0.2) is 0 Å². The van der Waals surface area contributed by atoms with Crippen molar-refractivity contribution >= 4 is 33.2 Å². The molecule has 1 atom stereocenters. The Labute approximate surface area is 128 Å². The minimum Gasteiger partial charge on any atom is -0.506 e. The maximum atomic E-state index is 11.8. The number of rotatable bonds is 6. The lowest BCUT2D eigenvalue weighted by Crippen LogP contribution is -2.11. The number of carbonyl (C=O) groups excluding carboxylic acids is 1. The molecule has 0 aliphatic carbocycles. The first kappa shape index (κ1) is 15.6. The number of hydrogen-bond acceptors (Lipinski definition) is 4. The molecule has 3 nitrogen and oxygen atoms in total. The van der Waals surface area contributed by atoms with E-state index >= 15 is 0 Å². The van der Waals surface area contributed by atoms with Gasteiger partial charge in [-0.25, -0.2) is 0 Å². The highest BCUT2D eigenvalue weighted by molar-refractivity contribution is 8.77. The molecule has 1 saturated heterocycles. The van der Waals surface area contributed by atoms with Crippen LogP contribution in [0, 0.1) is 6.92 Å². The molecule has 110 valence electrons. The summed E-state index contributed by atoms with van der Waals surface area (Å²) in [6.45, 7) is 1.91. The predicted molar refractivity (Wildman–Crippen MR) is 88.4 cm³/mol. The van der Waals surface area contributed by atoms with Crippen LogP contribution < -0.4 is 5.32 Å². The molecule has 1 fully saturated rings. The van der Waals surface area contributed by atoms with Crippen LogP contribution in [-0.2, 0) is 4.79 Å². The number of amides is 1. The average molecular weight is 311 g/mol. The Morgan fingerprint density at radius 2 is 2.30 bits per heavy atom. The van der Waals surface area contributed by atoms with Gasteiger partial charge < -0.3 is 10.4 Å². The zero-order chi connectivity index (χ0) is 14.4. The van der Waals surface area contributed by atoms with Crippen molar-refractivity contribution in [1.29, 1.82) is 0 Å². The van der Waals surface area contributed by atoms with E-state index in [0.717, 1.165) is 23.7 Å². The van der Waals surface area contributed by atoms with Gasteiger partial charge in [-0.1, -0.05) is 34.1 Å². The number of anilines is 1. The summed E-state index contributed by atoms with van der Waals surface area (Å²) in [6.07, 6.45) is 5.06. The second kappa shape index (κ2) is 7.84. The molecule has 0 radical (unpaired) electrons. The molecular weight excluding hydrogens is 290 g/mol. The van der Waals surface area contributed by atoms with Crippen molar-refractivity contribution in [3.8, 4) is 5.75 Å². The van der Waals surface area contributed by atoms with Crippen LogP contribution in [0.1, 0.15) is 37.7 Å². The van der Waals surface area contributed by atoms with E-state index in [-0.39, 0.29) is 11.7 Å². The van der Waals surface area contributed by atoms with Crippen molar-refractivity contribution in [3.05, 3.63) is 23.8 Å². The summed E-state index contributed by atoms with van der Waals surface area (Å²) < 4.78 is 0. The third-order valence-corrected chi connectivity index (χ3v) is 6.34. The smallest absolute Gasteiger partial charge is 0.224 e. The topological polar surface area (TPSA) is 49.3 Å². The maximum Gasteiger partial charge on any atom is 0.224 e. The van der Waals surface area contributed by atoms with Crippen LogP contribution >= 0.6 is 21.6 Å². The Morgan fingerprint density at radius 3 is 3.00 bits per heavy atom. The van der Waals surface area contributed by atoms with E-state index in [1.165, 1.54) is 18.6 Å². The molecule has 1 amide bonds. The molecule has 2 rings (SSSR count). The van der Waals surface area contributed by atoms with Gasteiger partial charge >= 0.3 is 0 Å². The van der Waals surface area contributed by atoms with Crippen LogP contribution in [0.5, 0.6) is 5.75 Å². The Bertz CT molecular complexity index is 459. The first-order chi connectivity index (χ1) is 9.65. The second-order valence-corrected chi connectivity index (χ2v) is 7.93. The molecule has 1 aromatic carbocycles. The second-order valence-electron chi connectivity index (χ2n) is 5.14. The molecule has 1 heterocycles. The molecule has 5 heteroatoms. The van der Waals surface area contributed by atoms with Crippen molar-refractivity contribution in [2.75, 3.05) is 11.1 Å². The van der Waals surface area contributed by atoms with E-state index in [9.17, 15) is 9.90 Å². The van der Waals surface area contributed by atoms with Crippen LogP contribution in [0.15, 0.2) is 18.2 Å². The molecule has 1 aliphatic rings. The highest BCUT2D eigenvalue weighted by atomic mass is 33.1. The highest BCUT2D eigenvalue weighted by Gasteiger charge is 2.15. The molecular formula is C15H21NO2S2. The highest BCUT2D eigenvalue weighted by Crippen LogP contribution is 2.39.